The molecule has 0 aliphatic rings. The normalized spacial score (nSPS) is 10.3. The second kappa shape index (κ2) is 13.1. The number of hydrogen-bond acceptors (Lipinski definition) is 5. The largest absolute Gasteiger partial charge is 0.497 e. The van der Waals surface area contributed by atoms with E-state index in [1.54, 1.807) is 24.5 Å². The Morgan fingerprint density at radius 2 is 1.63 bits per heavy atom. The number of nitrogens with one attached hydrogen (secondary N) is 1. The van der Waals surface area contributed by atoms with Crippen LogP contribution in [0.4, 0.5) is 0 Å². The Morgan fingerprint density at radius 3 is 2.24 bits per heavy atom. The van der Waals surface area contributed by atoms with Crippen LogP contribution in [0.5, 0.6) is 5.75 Å². The number of carbonyl (C=O) groups excluding carboxylic acids is 1. The summed E-state index contributed by atoms with van der Waals surface area (Å²) in [6.45, 7) is 0. The SMILES string of the molecule is COc1ccc(-c2cc(-c3cccs3)[nH]c(=S)c2C#N)cc1.O=C(/C=C/c1ccccc1)c1ccccc1. The molecule has 0 spiro atoms. The molecular weight excluding hydrogens is 508 g/mol. The fourth-order valence-electron chi connectivity index (χ4n) is 3.67. The van der Waals surface area contributed by atoms with Crippen molar-refractivity contribution in [3.63, 3.8) is 0 Å². The summed E-state index contributed by atoms with van der Waals surface area (Å²) in [6, 6.07) is 34.9. The van der Waals surface area contributed by atoms with Gasteiger partial charge in [0.15, 0.2) is 5.78 Å². The van der Waals surface area contributed by atoms with Crippen LogP contribution in [0.3, 0.4) is 0 Å². The molecule has 0 radical (unpaired) electrons. The number of hydrogen-bond donors (Lipinski definition) is 1. The highest BCUT2D eigenvalue weighted by atomic mass is 32.1. The van der Waals surface area contributed by atoms with Crippen LogP contribution in [0.1, 0.15) is 21.5 Å². The van der Waals surface area contributed by atoms with Crippen LogP contribution in [0, 0.1) is 16.0 Å². The molecule has 0 unspecified atom stereocenters. The molecule has 5 aromatic rings. The van der Waals surface area contributed by atoms with Gasteiger partial charge in [0, 0.05) is 11.1 Å². The predicted octanol–water partition coefficient (Wildman–Crippen LogP) is 8.60. The van der Waals surface area contributed by atoms with Crippen molar-refractivity contribution in [1.29, 1.82) is 5.26 Å². The number of nitriles is 1. The van der Waals surface area contributed by atoms with Crippen LogP contribution in [-0.4, -0.2) is 17.9 Å². The molecule has 0 aliphatic heterocycles. The third-order valence-electron chi connectivity index (χ3n) is 5.62. The molecule has 0 fully saturated rings. The first-order valence-electron chi connectivity index (χ1n) is 11.8. The Balaban J connectivity index is 0.000000186. The molecule has 6 heteroatoms. The molecule has 0 atom stereocenters. The second-order valence-corrected chi connectivity index (χ2v) is 9.45. The highest BCUT2D eigenvalue weighted by Crippen LogP contribution is 2.31. The third kappa shape index (κ3) is 6.80. The van der Waals surface area contributed by atoms with E-state index in [1.165, 1.54) is 0 Å². The molecule has 0 amide bonds. The monoisotopic (exact) mass is 532 g/mol. The average Bonchev–Trinajstić information content (AvgIpc) is 3.52. The maximum absolute atomic E-state index is 11.7. The Hall–Kier alpha value is -4.57. The van der Waals surface area contributed by atoms with Gasteiger partial charge < -0.3 is 9.72 Å². The van der Waals surface area contributed by atoms with E-state index in [4.69, 9.17) is 17.0 Å². The van der Waals surface area contributed by atoms with E-state index in [0.29, 0.717) is 10.2 Å². The lowest BCUT2D eigenvalue weighted by Gasteiger charge is -2.09. The van der Waals surface area contributed by atoms with Crippen LogP contribution in [0.15, 0.2) is 115 Å². The minimum Gasteiger partial charge on any atom is -0.497 e. The maximum Gasteiger partial charge on any atom is 0.185 e. The van der Waals surface area contributed by atoms with Gasteiger partial charge >= 0.3 is 0 Å². The van der Waals surface area contributed by atoms with E-state index in [9.17, 15) is 10.1 Å². The van der Waals surface area contributed by atoms with Crippen molar-refractivity contribution < 1.29 is 9.53 Å². The number of methoxy groups -OCH3 is 1. The van der Waals surface area contributed by atoms with Gasteiger partial charge in [-0.05, 0) is 46.8 Å². The number of aromatic amines is 1. The van der Waals surface area contributed by atoms with E-state index in [2.05, 4.69) is 11.1 Å². The second-order valence-electron chi connectivity index (χ2n) is 8.09. The van der Waals surface area contributed by atoms with Crippen LogP contribution in [0.25, 0.3) is 27.8 Å². The molecule has 1 N–H and O–H groups in total. The summed E-state index contributed by atoms with van der Waals surface area (Å²) in [5.74, 6) is 0.811. The van der Waals surface area contributed by atoms with Crippen molar-refractivity contribution in [1.82, 2.24) is 4.98 Å². The fourth-order valence-corrected chi connectivity index (χ4v) is 4.63. The van der Waals surface area contributed by atoms with E-state index in [-0.39, 0.29) is 5.78 Å². The molecule has 0 aliphatic carbocycles. The Morgan fingerprint density at radius 1 is 0.947 bits per heavy atom. The molecule has 38 heavy (non-hydrogen) atoms. The number of thiophene rings is 1. The standard InChI is InChI=1S/C17H12N2OS2.C15H12O/c1-20-12-6-4-11(5-7-12)13-9-15(16-3-2-8-22-16)19-17(21)14(13)10-18;16-15(14-9-5-2-6-10-14)12-11-13-7-3-1-4-8-13/h2-9H,1H3,(H,19,21);1-12H/b;12-11+. The average molecular weight is 533 g/mol. The number of aromatic nitrogens is 1. The van der Waals surface area contributed by atoms with Crippen LogP contribution < -0.4 is 4.74 Å². The fraction of sp³-hybridized carbons (Fsp3) is 0.0312. The number of H-pyrrole nitrogens is 1. The van der Waals surface area contributed by atoms with E-state index in [0.717, 1.165) is 38.6 Å². The Labute approximate surface area is 231 Å². The lowest BCUT2D eigenvalue weighted by Crippen LogP contribution is -1.92. The van der Waals surface area contributed by atoms with Gasteiger partial charge in [-0.2, -0.15) is 5.26 Å². The van der Waals surface area contributed by atoms with Crippen molar-refractivity contribution in [2.75, 3.05) is 7.11 Å². The minimum absolute atomic E-state index is 0.0319. The smallest absolute Gasteiger partial charge is 0.185 e. The summed E-state index contributed by atoms with van der Waals surface area (Å²) in [6.07, 6.45) is 3.43. The van der Waals surface area contributed by atoms with E-state index < -0.39 is 0 Å². The first kappa shape index (κ1) is 26.5. The molecule has 2 heterocycles. The summed E-state index contributed by atoms with van der Waals surface area (Å²) >= 11 is 6.98. The molecule has 4 nitrogen and oxygen atoms in total. The number of pyridine rings is 1. The van der Waals surface area contributed by atoms with Gasteiger partial charge in [-0.25, -0.2) is 0 Å². The quantitative estimate of drug-likeness (QED) is 0.135. The number of carbonyl (C=O) groups is 1. The van der Waals surface area contributed by atoms with Gasteiger partial charge in [-0.3, -0.25) is 4.79 Å². The number of nitrogens with zero attached hydrogens (tertiary/aromatic N) is 1. The topological polar surface area (TPSA) is 65.9 Å². The molecule has 3 aromatic carbocycles. The van der Waals surface area contributed by atoms with E-state index >= 15 is 0 Å². The lowest BCUT2D eigenvalue weighted by atomic mass is 10.0. The van der Waals surface area contributed by atoms with Crippen LogP contribution >= 0.6 is 23.6 Å². The summed E-state index contributed by atoms with van der Waals surface area (Å²) in [5, 5.41) is 11.4. The van der Waals surface area contributed by atoms with Gasteiger partial charge in [0.25, 0.3) is 0 Å². The summed E-state index contributed by atoms with van der Waals surface area (Å²) < 4.78 is 5.64. The van der Waals surface area contributed by atoms with E-state index in [1.807, 2.05) is 115 Å². The number of rotatable bonds is 6. The number of benzene rings is 3. The zero-order valence-corrected chi connectivity index (χ0v) is 22.3. The third-order valence-corrected chi connectivity index (χ3v) is 6.83. The first-order valence-corrected chi connectivity index (χ1v) is 13.1. The molecule has 186 valence electrons. The molecule has 0 saturated carbocycles. The Kier molecular flexibility index (Phi) is 9.14. The highest BCUT2D eigenvalue weighted by Gasteiger charge is 2.11. The number of ketones is 1. The highest BCUT2D eigenvalue weighted by molar-refractivity contribution is 7.71. The summed E-state index contributed by atoms with van der Waals surface area (Å²) in [7, 11) is 1.63. The number of allylic oxidation sites excluding steroid dienone is 1. The van der Waals surface area contributed by atoms with Gasteiger partial charge in [-0.1, -0.05) is 97.2 Å². The van der Waals surface area contributed by atoms with Crippen LogP contribution in [0.2, 0.25) is 0 Å². The Bertz CT molecular complexity index is 1620. The van der Waals surface area contributed by atoms with Crippen molar-refractivity contribution in [3.05, 3.63) is 136 Å². The van der Waals surface area contributed by atoms with Crippen molar-refractivity contribution in [2.24, 2.45) is 0 Å². The maximum atomic E-state index is 11.7. The zero-order valence-electron chi connectivity index (χ0n) is 20.6. The summed E-state index contributed by atoms with van der Waals surface area (Å²) in [5.41, 5.74) is 4.93. The molecule has 0 saturated heterocycles. The molecule has 2 aromatic heterocycles. The summed E-state index contributed by atoms with van der Waals surface area (Å²) in [4.78, 5) is 16.0. The van der Waals surface area contributed by atoms with Crippen molar-refractivity contribution >= 4 is 35.4 Å². The predicted molar refractivity (Wildman–Crippen MR) is 158 cm³/mol. The first-order chi connectivity index (χ1) is 18.6. The van der Waals surface area contributed by atoms with Crippen molar-refractivity contribution in [2.45, 2.75) is 0 Å². The minimum atomic E-state index is 0.0319. The molecule has 5 rings (SSSR count). The number of ether oxygens (including phenoxy) is 1. The molecule has 0 bridgehead atoms. The van der Waals surface area contributed by atoms with Crippen molar-refractivity contribution in [3.8, 4) is 33.5 Å². The van der Waals surface area contributed by atoms with Gasteiger partial charge in [0.2, 0.25) is 0 Å². The molecular formula is C32H24N2O2S2. The van der Waals surface area contributed by atoms with Gasteiger partial charge in [0.05, 0.1) is 23.2 Å². The van der Waals surface area contributed by atoms with Crippen LogP contribution in [-0.2, 0) is 0 Å². The van der Waals surface area contributed by atoms with Gasteiger partial charge in [-0.15, -0.1) is 11.3 Å². The lowest BCUT2D eigenvalue weighted by molar-refractivity contribution is 0.104. The zero-order chi connectivity index (χ0) is 26.7. The van der Waals surface area contributed by atoms with Gasteiger partial charge in [0.1, 0.15) is 16.5 Å².